The first-order valence-corrected chi connectivity index (χ1v) is 5.05. The van der Waals surface area contributed by atoms with Gasteiger partial charge in [0.25, 0.3) is 5.69 Å². The molecule has 0 aliphatic heterocycles. The van der Waals surface area contributed by atoms with Crippen LogP contribution in [0.2, 0.25) is 0 Å². The number of nitrogens with zero attached hydrogens (tertiary/aromatic N) is 1. The highest BCUT2D eigenvalue weighted by Crippen LogP contribution is 2.24. The van der Waals surface area contributed by atoms with E-state index in [9.17, 15) is 14.9 Å². The van der Waals surface area contributed by atoms with Crippen LogP contribution in [0.15, 0.2) is 18.2 Å². The van der Waals surface area contributed by atoms with Crippen LogP contribution in [-0.4, -0.2) is 24.6 Å². The van der Waals surface area contributed by atoms with Crippen LogP contribution in [-0.2, 0) is 16.0 Å². The van der Waals surface area contributed by atoms with Crippen molar-refractivity contribution in [2.45, 2.75) is 13.3 Å². The number of hydrogen-bond donors (Lipinski definition) is 0. The van der Waals surface area contributed by atoms with Gasteiger partial charge >= 0.3 is 5.97 Å². The number of nitro groups is 1. The minimum Gasteiger partial charge on any atom is -0.494 e. The quantitative estimate of drug-likeness (QED) is 0.444. The van der Waals surface area contributed by atoms with Crippen molar-refractivity contribution in [1.29, 1.82) is 0 Å². The molecule has 1 aromatic rings. The van der Waals surface area contributed by atoms with Gasteiger partial charge in [-0.05, 0) is 13.0 Å². The van der Waals surface area contributed by atoms with Crippen LogP contribution in [0, 0.1) is 10.1 Å². The van der Waals surface area contributed by atoms with Gasteiger partial charge in [0.2, 0.25) is 0 Å². The van der Waals surface area contributed by atoms with Gasteiger partial charge in [0.15, 0.2) is 0 Å². The van der Waals surface area contributed by atoms with E-state index in [-0.39, 0.29) is 12.1 Å². The number of methoxy groups -OCH3 is 1. The predicted molar refractivity (Wildman–Crippen MR) is 60.0 cm³/mol. The van der Waals surface area contributed by atoms with Gasteiger partial charge in [0.05, 0.1) is 25.1 Å². The Labute approximate surface area is 98.3 Å². The summed E-state index contributed by atoms with van der Waals surface area (Å²) < 4.78 is 9.81. The molecule has 0 N–H and O–H groups in total. The Morgan fingerprint density at radius 3 is 2.71 bits per heavy atom. The van der Waals surface area contributed by atoms with Crippen LogP contribution < -0.4 is 4.74 Å². The standard InChI is InChI=1S/C11H13NO5/c1-3-17-10-5-4-9(12(14)15)6-8(10)7-11(13)16-2/h4-6H,3,7H2,1-2H3. The molecule has 0 fully saturated rings. The first-order valence-electron chi connectivity index (χ1n) is 5.05. The summed E-state index contributed by atoms with van der Waals surface area (Å²) in [7, 11) is 1.26. The molecule has 0 aliphatic carbocycles. The van der Waals surface area contributed by atoms with E-state index in [1.807, 2.05) is 0 Å². The van der Waals surface area contributed by atoms with Gasteiger partial charge in [-0.2, -0.15) is 0 Å². The third-order valence-electron chi connectivity index (χ3n) is 2.12. The Hall–Kier alpha value is -2.11. The van der Waals surface area contributed by atoms with Gasteiger partial charge in [-0.3, -0.25) is 14.9 Å². The van der Waals surface area contributed by atoms with Gasteiger partial charge in [-0.1, -0.05) is 0 Å². The number of nitro benzene ring substituents is 1. The maximum absolute atomic E-state index is 11.2. The van der Waals surface area contributed by atoms with E-state index in [0.717, 1.165) is 0 Å². The third kappa shape index (κ3) is 3.44. The fourth-order valence-corrected chi connectivity index (χ4v) is 1.34. The molecule has 92 valence electrons. The molecule has 0 aromatic heterocycles. The van der Waals surface area contributed by atoms with E-state index in [4.69, 9.17) is 4.74 Å². The molecule has 6 heteroatoms. The summed E-state index contributed by atoms with van der Waals surface area (Å²) in [5.41, 5.74) is 0.375. The summed E-state index contributed by atoms with van der Waals surface area (Å²) in [6.07, 6.45) is -0.0481. The number of carbonyl (C=O) groups is 1. The van der Waals surface area contributed by atoms with Crippen molar-refractivity contribution in [2.75, 3.05) is 13.7 Å². The van der Waals surface area contributed by atoms with Gasteiger partial charge < -0.3 is 9.47 Å². The summed E-state index contributed by atoms with van der Waals surface area (Å²) in [5, 5.41) is 10.6. The number of esters is 1. The van der Waals surface area contributed by atoms with Crippen LogP contribution >= 0.6 is 0 Å². The SMILES string of the molecule is CCOc1ccc([N+](=O)[O-])cc1CC(=O)OC. The average Bonchev–Trinajstić information content (AvgIpc) is 2.31. The van der Waals surface area contributed by atoms with Crippen molar-refractivity contribution < 1.29 is 19.2 Å². The Bertz CT molecular complexity index is 430. The lowest BCUT2D eigenvalue weighted by atomic mass is 10.1. The Balaban J connectivity index is 3.06. The largest absolute Gasteiger partial charge is 0.494 e. The highest BCUT2D eigenvalue weighted by Gasteiger charge is 2.14. The second kappa shape index (κ2) is 5.83. The maximum atomic E-state index is 11.2. The molecule has 0 atom stereocenters. The summed E-state index contributed by atoms with van der Waals surface area (Å²) in [4.78, 5) is 21.3. The smallest absolute Gasteiger partial charge is 0.310 e. The van der Waals surface area contributed by atoms with Gasteiger partial charge in [-0.15, -0.1) is 0 Å². The van der Waals surface area contributed by atoms with Crippen LogP contribution in [0.1, 0.15) is 12.5 Å². The molecule has 0 saturated carbocycles. The lowest BCUT2D eigenvalue weighted by Gasteiger charge is -2.08. The van der Waals surface area contributed by atoms with Crippen molar-refractivity contribution in [3.63, 3.8) is 0 Å². The summed E-state index contributed by atoms with van der Waals surface area (Å²) >= 11 is 0. The zero-order chi connectivity index (χ0) is 12.8. The fourth-order valence-electron chi connectivity index (χ4n) is 1.34. The molecule has 0 unspecified atom stereocenters. The van der Waals surface area contributed by atoms with Crippen LogP contribution in [0.25, 0.3) is 0 Å². The van der Waals surface area contributed by atoms with Crippen molar-refractivity contribution in [3.05, 3.63) is 33.9 Å². The van der Waals surface area contributed by atoms with E-state index >= 15 is 0 Å². The Kier molecular flexibility index (Phi) is 4.45. The normalized spacial score (nSPS) is 9.76. The van der Waals surface area contributed by atoms with Gasteiger partial charge in [-0.25, -0.2) is 0 Å². The molecule has 0 aliphatic rings. The highest BCUT2D eigenvalue weighted by molar-refractivity contribution is 5.73. The van der Waals surface area contributed by atoms with Gasteiger partial charge in [0, 0.05) is 17.7 Å². The minimum atomic E-state index is -0.517. The third-order valence-corrected chi connectivity index (χ3v) is 2.12. The summed E-state index contributed by atoms with van der Waals surface area (Å²) in [5.74, 6) is -0.00467. The summed E-state index contributed by atoms with van der Waals surface area (Å²) in [6, 6.07) is 4.15. The predicted octanol–water partition coefficient (Wildman–Crippen LogP) is 1.71. The van der Waals surface area contributed by atoms with E-state index < -0.39 is 10.9 Å². The van der Waals surface area contributed by atoms with Crippen LogP contribution in [0.5, 0.6) is 5.75 Å². The zero-order valence-electron chi connectivity index (χ0n) is 9.63. The van der Waals surface area contributed by atoms with Crippen LogP contribution in [0.4, 0.5) is 5.69 Å². The average molecular weight is 239 g/mol. The first kappa shape index (κ1) is 13.0. The number of ether oxygens (including phenoxy) is 2. The number of rotatable bonds is 5. The fraction of sp³-hybridized carbons (Fsp3) is 0.364. The number of hydrogen-bond acceptors (Lipinski definition) is 5. The second-order valence-electron chi connectivity index (χ2n) is 3.24. The number of benzene rings is 1. The molecule has 17 heavy (non-hydrogen) atoms. The molecule has 1 rings (SSSR count). The topological polar surface area (TPSA) is 78.7 Å². The molecule has 0 heterocycles. The molecule has 0 saturated heterocycles. The molecule has 6 nitrogen and oxygen atoms in total. The molecule has 0 spiro atoms. The molecule has 0 radical (unpaired) electrons. The van der Waals surface area contributed by atoms with Crippen LogP contribution in [0.3, 0.4) is 0 Å². The molecular weight excluding hydrogens is 226 g/mol. The van der Waals surface area contributed by atoms with Crippen molar-refractivity contribution in [3.8, 4) is 5.75 Å². The second-order valence-corrected chi connectivity index (χ2v) is 3.24. The van der Waals surface area contributed by atoms with Crippen molar-refractivity contribution >= 4 is 11.7 Å². The maximum Gasteiger partial charge on any atom is 0.310 e. The molecule has 1 aromatic carbocycles. The van der Waals surface area contributed by atoms with E-state index in [0.29, 0.717) is 17.9 Å². The van der Waals surface area contributed by atoms with Gasteiger partial charge in [0.1, 0.15) is 5.75 Å². The molecule has 0 amide bonds. The lowest BCUT2D eigenvalue weighted by Crippen LogP contribution is -2.07. The first-order chi connectivity index (χ1) is 8.08. The number of carbonyl (C=O) groups excluding carboxylic acids is 1. The number of non-ortho nitro benzene ring substituents is 1. The van der Waals surface area contributed by atoms with E-state index in [2.05, 4.69) is 4.74 Å². The lowest BCUT2D eigenvalue weighted by molar-refractivity contribution is -0.384. The Morgan fingerprint density at radius 2 is 2.18 bits per heavy atom. The Morgan fingerprint density at radius 1 is 1.47 bits per heavy atom. The minimum absolute atomic E-state index is 0.0481. The van der Waals surface area contributed by atoms with Crippen molar-refractivity contribution in [1.82, 2.24) is 0 Å². The zero-order valence-corrected chi connectivity index (χ0v) is 9.63. The highest BCUT2D eigenvalue weighted by atomic mass is 16.6. The molecular formula is C11H13NO5. The summed E-state index contributed by atoms with van der Waals surface area (Å²) in [6.45, 7) is 2.22. The monoisotopic (exact) mass is 239 g/mol. The van der Waals surface area contributed by atoms with Crippen molar-refractivity contribution in [2.24, 2.45) is 0 Å². The van der Waals surface area contributed by atoms with E-state index in [1.165, 1.54) is 25.3 Å². The molecule has 0 bridgehead atoms. The van der Waals surface area contributed by atoms with E-state index in [1.54, 1.807) is 6.92 Å².